The number of hydrogen-bond acceptors (Lipinski definition) is 3. The highest BCUT2D eigenvalue weighted by molar-refractivity contribution is 5.83. The fourth-order valence-electron chi connectivity index (χ4n) is 3.04. The van der Waals surface area contributed by atoms with Crippen LogP contribution in [-0.2, 0) is 4.79 Å². The van der Waals surface area contributed by atoms with Crippen LogP contribution in [0.1, 0.15) is 30.0 Å². The van der Waals surface area contributed by atoms with Crippen LogP contribution in [0.2, 0.25) is 0 Å². The maximum absolute atomic E-state index is 12.6. The molecule has 1 heterocycles. The molecule has 0 radical (unpaired) electrons. The van der Waals surface area contributed by atoms with E-state index >= 15 is 0 Å². The van der Waals surface area contributed by atoms with Crippen molar-refractivity contribution in [1.82, 2.24) is 10.6 Å². The predicted octanol–water partition coefficient (Wildman–Crippen LogP) is 2.63. The molecule has 2 aromatic rings. The Morgan fingerprint density at radius 2 is 1.83 bits per heavy atom. The summed E-state index contributed by atoms with van der Waals surface area (Å²) in [5, 5.41) is 6.43. The second-order valence-electron chi connectivity index (χ2n) is 5.86. The number of fused-ring (bicyclic) bond motifs is 1. The van der Waals surface area contributed by atoms with E-state index in [1.165, 1.54) is 0 Å². The van der Waals surface area contributed by atoms with Crippen molar-refractivity contribution in [2.45, 2.75) is 24.9 Å². The van der Waals surface area contributed by atoms with Gasteiger partial charge in [-0.3, -0.25) is 4.79 Å². The number of rotatable bonds is 4. The van der Waals surface area contributed by atoms with Crippen molar-refractivity contribution < 1.29 is 9.53 Å². The smallest absolute Gasteiger partial charge is 0.227 e. The molecule has 0 saturated heterocycles. The van der Waals surface area contributed by atoms with Crippen LogP contribution in [0.15, 0.2) is 54.6 Å². The fraction of sp³-hybridized carbons (Fsp3) is 0.316. The summed E-state index contributed by atoms with van der Waals surface area (Å²) >= 11 is 0. The van der Waals surface area contributed by atoms with Gasteiger partial charge in [-0.2, -0.15) is 0 Å². The zero-order chi connectivity index (χ0) is 16.2. The Hall–Kier alpha value is -2.33. The SMILES string of the molecule is CN[C@H]1c2ccccc2OC[C@@H]1NC(=O)[C@@H](C)c1ccccc1. The summed E-state index contributed by atoms with van der Waals surface area (Å²) in [5.41, 5.74) is 2.10. The highest BCUT2D eigenvalue weighted by Gasteiger charge is 2.31. The van der Waals surface area contributed by atoms with E-state index in [9.17, 15) is 4.79 Å². The second kappa shape index (κ2) is 6.84. The lowest BCUT2D eigenvalue weighted by Crippen LogP contribution is -2.50. The minimum atomic E-state index is -0.189. The van der Waals surface area contributed by atoms with Crippen molar-refractivity contribution in [3.8, 4) is 5.75 Å². The number of para-hydroxylation sites is 1. The van der Waals surface area contributed by atoms with Gasteiger partial charge in [-0.1, -0.05) is 48.5 Å². The minimum Gasteiger partial charge on any atom is -0.491 e. The highest BCUT2D eigenvalue weighted by atomic mass is 16.5. The summed E-state index contributed by atoms with van der Waals surface area (Å²) in [6.45, 7) is 2.40. The number of hydrogen-bond donors (Lipinski definition) is 2. The first-order chi connectivity index (χ1) is 11.2. The maximum atomic E-state index is 12.6. The van der Waals surface area contributed by atoms with Crippen LogP contribution in [0.4, 0.5) is 0 Å². The molecule has 2 aromatic carbocycles. The number of ether oxygens (including phenoxy) is 1. The first kappa shape index (κ1) is 15.6. The third-order valence-corrected chi connectivity index (χ3v) is 4.41. The molecule has 4 nitrogen and oxygen atoms in total. The van der Waals surface area contributed by atoms with Gasteiger partial charge >= 0.3 is 0 Å². The molecule has 3 atom stereocenters. The van der Waals surface area contributed by atoms with Crippen molar-refractivity contribution in [3.05, 3.63) is 65.7 Å². The summed E-state index contributed by atoms with van der Waals surface area (Å²) < 4.78 is 5.80. The van der Waals surface area contributed by atoms with Gasteiger partial charge in [0.2, 0.25) is 5.91 Å². The molecule has 4 heteroatoms. The molecule has 23 heavy (non-hydrogen) atoms. The molecule has 0 spiro atoms. The van der Waals surface area contributed by atoms with E-state index in [2.05, 4.69) is 10.6 Å². The molecule has 3 rings (SSSR count). The number of nitrogens with one attached hydrogen (secondary N) is 2. The maximum Gasteiger partial charge on any atom is 0.227 e. The van der Waals surface area contributed by atoms with Gasteiger partial charge in [-0.15, -0.1) is 0 Å². The number of likely N-dealkylation sites (N-methyl/N-ethyl adjacent to an activating group) is 1. The summed E-state index contributed by atoms with van der Waals surface area (Å²) in [4.78, 5) is 12.6. The Bertz CT molecular complexity index is 672. The summed E-state index contributed by atoms with van der Waals surface area (Å²) in [6.07, 6.45) is 0. The number of carbonyl (C=O) groups excluding carboxylic acids is 1. The Morgan fingerprint density at radius 1 is 1.13 bits per heavy atom. The zero-order valence-electron chi connectivity index (χ0n) is 13.5. The van der Waals surface area contributed by atoms with E-state index in [0.29, 0.717) is 6.61 Å². The van der Waals surface area contributed by atoms with Crippen LogP contribution in [0.5, 0.6) is 5.75 Å². The monoisotopic (exact) mass is 310 g/mol. The average molecular weight is 310 g/mol. The molecular weight excluding hydrogens is 288 g/mol. The quantitative estimate of drug-likeness (QED) is 0.913. The van der Waals surface area contributed by atoms with E-state index < -0.39 is 0 Å². The summed E-state index contributed by atoms with van der Waals surface area (Å²) in [6, 6.07) is 17.7. The lowest BCUT2D eigenvalue weighted by Gasteiger charge is -2.34. The average Bonchev–Trinajstić information content (AvgIpc) is 2.61. The van der Waals surface area contributed by atoms with E-state index in [4.69, 9.17) is 4.74 Å². The molecule has 1 amide bonds. The van der Waals surface area contributed by atoms with Crippen LogP contribution in [-0.4, -0.2) is 25.6 Å². The van der Waals surface area contributed by atoms with Crippen molar-refractivity contribution >= 4 is 5.91 Å². The number of benzene rings is 2. The molecule has 120 valence electrons. The third-order valence-electron chi connectivity index (χ3n) is 4.41. The van der Waals surface area contributed by atoms with Crippen molar-refractivity contribution in [2.24, 2.45) is 0 Å². The van der Waals surface area contributed by atoms with Gasteiger partial charge in [0.25, 0.3) is 0 Å². The first-order valence-corrected chi connectivity index (χ1v) is 7.95. The molecule has 0 unspecified atom stereocenters. The van der Waals surface area contributed by atoms with Gasteiger partial charge < -0.3 is 15.4 Å². The van der Waals surface area contributed by atoms with E-state index in [-0.39, 0.29) is 23.9 Å². The van der Waals surface area contributed by atoms with Crippen LogP contribution < -0.4 is 15.4 Å². The van der Waals surface area contributed by atoms with E-state index in [1.54, 1.807) is 0 Å². The Morgan fingerprint density at radius 3 is 2.57 bits per heavy atom. The fourth-order valence-corrected chi connectivity index (χ4v) is 3.04. The van der Waals surface area contributed by atoms with Gasteiger partial charge in [-0.05, 0) is 25.6 Å². The zero-order valence-corrected chi connectivity index (χ0v) is 13.5. The van der Waals surface area contributed by atoms with Crippen molar-refractivity contribution in [2.75, 3.05) is 13.7 Å². The van der Waals surface area contributed by atoms with Gasteiger partial charge in [0.05, 0.1) is 18.0 Å². The second-order valence-corrected chi connectivity index (χ2v) is 5.86. The van der Waals surface area contributed by atoms with E-state index in [1.807, 2.05) is 68.6 Å². The molecule has 0 aliphatic carbocycles. The van der Waals surface area contributed by atoms with Gasteiger partial charge in [0.15, 0.2) is 0 Å². The lowest BCUT2D eigenvalue weighted by molar-refractivity contribution is -0.123. The number of amides is 1. The minimum absolute atomic E-state index is 0.0180. The number of carbonyl (C=O) groups is 1. The predicted molar refractivity (Wildman–Crippen MR) is 90.5 cm³/mol. The molecule has 1 aliphatic heterocycles. The molecule has 1 aliphatic rings. The van der Waals surface area contributed by atoms with E-state index in [0.717, 1.165) is 16.9 Å². The molecular formula is C19H22N2O2. The van der Waals surface area contributed by atoms with Gasteiger partial charge in [0, 0.05) is 5.56 Å². The standard InChI is InChI=1S/C19H22N2O2/c1-13(14-8-4-3-5-9-14)19(22)21-16-12-23-17-11-7-6-10-15(17)18(16)20-2/h3-11,13,16,18,20H,12H2,1-2H3,(H,21,22)/t13-,16-,18-/m0/s1. The van der Waals surface area contributed by atoms with Crippen molar-refractivity contribution in [1.29, 1.82) is 0 Å². The first-order valence-electron chi connectivity index (χ1n) is 7.95. The molecule has 0 bridgehead atoms. The van der Waals surface area contributed by atoms with Crippen molar-refractivity contribution in [3.63, 3.8) is 0 Å². The Balaban J connectivity index is 1.74. The molecule has 2 N–H and O–H groups in total. The van der Waals surface area contributed by atoms with Crippen LogP contribution in [0.3, 0.4) is 0 Å². The summed E-state index contributed by atoms with van der Waals surface area (Å²) in [5.74, 6) is 0.712. The molecule has 0 aromatic heterocycles. The van der Waals surface area contributed by atoms with Crippen LogP contribution in [0, 0.1) is 0 Å². The summed E-state index contributed by atoms with van der Waals surface area (Å²) in [7, 11) is 1.91. The third kappa shape index (κ3) is 3.22. The largest absolute Gasteiger partial charge is 0.491 e. The Labute approximate surface area is 136 Å². The molecule has 0 saturated carbocycles. The van der Waals surface area contributed by atoms with Crippen LogP contribution >= 0.6 is 0 Å². The Kier molecular flexibility index (Phi) is 4.63. The lowest BCUT2D eigenvalue weighted by atomic mass is 9.94. The van der Waals surface area contributed by atoms with Gasteiger partial charge in [0.1, 0.15) is 12.4 Å². The highest BCUT2D eigenvalue weighted by Crippen LogP contribution is 2.31. The van der Waals surface area contributed by atoms with Gasteiger partial charge in [-0.25, -0.2) is 0 Å². The normalized spacial score (nSPS) is 21.0. The topological polar surface area (TPSA) is 50.4 Å². The van der Waals surface area contributed by atoms with Crippen LogP contribution in [0.25, 0.3) is 0 Å². The molecule has 0 fully saturated rings.